The molecule has 2 aromatic carbocycles. The van der Waals surface area contributed by atoms with Crippen molar-refractivity contribution in [2.24, 2.45) is 21.1 Å². The van der Waals surface area contributed by atoms with Gasteiger partial charge in [-0.3, -0.25) is 14.6 Å². The van der Waals surface area contributed by atoms with Gasteiger partial charge in [-0.25, -0.2) is 23.7 Å². The van der Waals surface area contributed by atoms with E-state index < -0.39 is 0 Å². The molecule has 0 spiro atoms. The monoisotopic (exact) mass is 931 g/mol. The number of H-pyrrole nitrogens is 2. The maximum absolute atomic E-state index is 13.8. The van der Waals surface area contributed by atoms with Crippen LogP contribution in [0.4, 0.5) is 11.4 Å². The van der Waals surface area contributed by atoms with Crippen molar-refractivity contribution in [1.29, 1.82) is 0 Å². The zero-order chi connectivity index (χ0) is 48.6. The fourth-order valence-electron chi connectivity index (χ4n) is 9.00. The summed E-state index contributed by atoms with van der Waals surface area (Å²) in [4.78, 5) is 49.1. The topological polar surface area (TPSA) is 149 Å². The van der Waals surface area contributed by atoms with E-state index in [-0.39, 0.29) is 11.8 Å². The number of aromatic amines is 2. The minimum Gasteiger partial charge on any atom is -0.496 e. The number of anilines is 2. The minimum absolute atomic E-state index is 0.303. The summed E-state index contributed by atoms with van der Waals surface area (Å²) in [5, 5.41) is 5.89. The molecule has 7 aromatic heterocycles. The van der Waals surface area contributed by atoms with E-state index in [0.29, 0.717) is 28.3 Å². The van der Waals surface area contributed by atoms with Crippen LogP contribution in [0.3, 0.4) is 0 Å². The van der Waals surface area contributed by atoms with Gasteiger partial charge >= 0.3 is 0 Å². The highest BCUT2D eigenvalue weighted by Crippen LogP contribution is 2.38. The Balaban J connectivity index is 1.07. The Morgan fingerprint density at radius 3 is 1.25 bits per heavy atom. The second-order valence-electron chi connectivity index (χ2n) is 17.4. The molecule has 0 saturated heterocycles. The fourth-order valence-corrected chi connectivity index (χ4v) is 9.00. The van der Waals surface area contributed by atoms with E-state index in [1.807, 2.05) is 83.9 Å². The van der Waals surface area contributed by atoms with Gasteiger partial charge in [-0.15, -0.1) is 0 Å². The first-order valence-electron chi connectivity index (χ1n) is 23.0. The quantitative estimate of drug-likeness (QED) is 0.106. The molecule has 4 N–H and O–H groups in total. The van der Waals surface area contributed by atoms with Crippen molar-refractivity contribution >= 4 is 69.6 Å². The predicted molar refractivity (Wildman–Crippen MR) is 277 cm³/mol. The van der Waals surface area contributed by atoms with Gasteiger partial charge in [0.2, 0.25) is 0 Å². The lowest BCUT2D eigenvalue weighted by Crippen LogP contribution is -2.25. The molecule has 0 radical (unpaired) electrons. The van der Waals surface area contributed by atoms with Crippen LogP contribution in [-0.2, 0) is 21.1 Å². The van der Waals surface area contributed by atoms with Crippen LogP contribution >= 0.6 is 0 Å². The number of carbonyl (C=O) groups is 2. The third kappa shape index (κ3) is 8.75. The van der Waals surface area contributed by atoms with Crippen molar-refractivity contribution in [3.63, 3.8) is 0 Å². The van der Waals surface area contributed by atoms with Crippen LogP contribution in [0, 0.1) is 0 Å². The fraction of sp³-hybridized carbons (Fsp3) is 0.0690. The summed E-state index contributed by atoms with van der Waals surface area (Å²) in [6.07, 6.45) is 23.7. The van der Waals surface area contributed by atoms with Gasteiger partial charge in [0, 0.05) is 116 Å². The van der Waals surface area contributed by atoms with Crippen LogP contribution < -0.4 is 29.1 Å². The maximum atomic E-state index is 13.8. The van der Waals surface area contributed by atoms with Gasteiger partial charge in [0.25, 0.3) is 11.8 Å². The maximum Gasteiger partial charge on any atom is 0.259 e. The molecule has 2 amide bonds. The van der Waals surface area contributed by atoms with Gasteiger partial charge in [-0.05, 0) is 107 Å². The number of nitrogens with zero attached hydrogens (tertiary/aromatic N) is 6. The average Bonchev–Trinajstić information content (AvgIpc) is 4.25. The number of aryl methyl sites for hydroxylation is 3. The van der Waals surface area contributed by atoms with Gasteiger partial charge in [-0.1, -0.05) is 12.1 Å². The lowest BCUT2D eigenvalue weighted by atomic mass is 10.0. The summed E-state index contributed by atoms with van der Waals surface area (Å²) in [5.41, 5.74) is 16.3. The highest BCUT2D eigenvalue weighted by molar-refractivity contribution is 6.08. The third-order valence-electron chi connectivity index (χ3n) is 12.6. The van der Waals surface area contributed by atoms with Crippen molar-refractivity contribution in [2.75, 3.05) is 17.7 Å². The third-order valence-corrected chi connectivity index (χ3v) is 12.6. The van der Waals surface area contributed by atoms with Crippen molar-refractivity contribution < 1.29 is 28.0 Å². The lowest BCUT2D eigenvalue weighted by molar-refractivity contribution is -0.671. The zero-order valence-electron chi connectivity index (χ0n) is 39.3. The molecular weight excluding hydrogens is 885 g/mol. The Labute approximate surface area is 408 Å². The molecule has 9 heterocycles. The largest absolute Gasteiger partial charge is 0.496 e. The minimum atomic E-state index is -0.371. The Kier molecular flexibility index (Phi) is 11.4. The van der Waals surface area contributed by atoms with Gasteiger partial charge in [0.1, 0.15) is 26.9 Å². The Morgan fingerprint density at radius 2 is 0.845 bits per heavy atom. The van der Waals surface area contributed by atoms with Gasteiger partial charge < -0.3 is 25.3 Å². The molecular formula is C58H47N10O3+3. The number of fused-ring (bicyclic) bond motifs is 8. The number of hydrogen-bond acceptors (Lipinski definition) is 6. The van der Waals surface area contributed by atoms with Crippen molar-refractivity contribution in [3.8, 4) is 50.3 Å². The molecule has 0 unspecified atom stereocenters. The number of aromatic nitrogens is 8. The van der Waals surface area contributed by atoms with Crippen LogP contribution in [-0.4, -0.2) is 43.8 Å². The highest BCUT2D eigenvalue weighted by atomic mass is 16.5. The van der Waals surface area contributed by atoms with E-state index in [4.69, 9.17) is 14.7 Å². The van der Waals surface area contributed by atoms with Crippen molar-refractivity contribution in [3.05, 3.63) is 199 Å². The summed E-state index contributed by atoms with van der Waals surface area (Å²) in [6.45, 7) is 0. The smallest absolute Gasteiger partial charge is 0.259 e. The standard InChI is InChI=1S/C58H44N10O3/c1-66-29-21-37(22-30-66)54-46-13-11-44(62-46)53(36-5-7-41(8-6-36)60-58(70)43-10-9-42(35-52(43)71-4)61-57(69)40-19-27-59-28-20-40)45-12-14-47(63-45)55(38-23-31-67(2)32-24-38)49-16-18-51(65-49)56(50-17-15-48(54)64-50)39-25-33-68(3)34-26-39/h5-35H,1-4H3,(H-2,60,61,62,63,64,65,69,70)/p+3. The summed E-state index contributed by atoms with van der Waals surface area (Å²) in [5.74, 6) is -0.366. The van der Waals surface area contributed by atoms with Gasteiger partial charge in [0.15, 0.2) is 37.2 Å². The molecule has 2 aliphatic rings. The van der Waals surface area contributed by atoms with Gasteiger partial charge in [0.05, 0.1) is 35.4 Å². The van der Waals surface area contributed by atoms with Crippen LogP contribution in [0.1, 0.15) is 43.5 Å². The summed E-state index contributed by atoms with van der Waals surface area (Å²) < 4.78 is 11.7. The molecule has 71 heavy (non-hydrogen) atoms. The first-order valence-corrected chi connectivity index (χ1v) is 23.0. The Hall–Kier alpha value is -9.62. The predicted octanol–water partition coefficient (Wildman–Crippen LogP) is 9.71. The highest BCUT2D eigenvalue weighted by Gasteiger charge is 2.21. The number of methoxy groups -OCH3 is 1. The number of carbonyl (C=O) groups excluding carboxylic acids is 2. The molecule has 0 saturated carbocycles. The molecule has 9 aromatic rings. The van der Waals surface area contributed by atoms with E-state index in [2.05, 4.69) is 123 Å². The second-order valence-corrected chi connectivity index (χ2v) is 17.4. The second kappa shape index (κ2) is 18.5. The summed E-state index contributed by atoms with van der Waals surface area (Å²) in [7, 11) is 7.52. The Morgan fingerprint density at radius 1 is 0.465 bits per heavy atom. The van der Waals surface area contributed by atoms with Crippen molar-refractivity contribution in [1.82, 2.24) is 24.9 Å². The number of nitrogens with one attached hydrogen (secondary N) is 4. The molecule has 13 heteroatoms. The van der Waals surface area contributed by atoms with Crippen LogP contribution in [0.5, 0.6) is 5.75 Å². The van der Waals surface area contributed by atoms with Crippen LogP contribution in [0.2, 0.25) is 0 Å². The molecule has 0 atom stereocenters. The van der Waals surface area contributed by atoms with E-state index in [1.54, 1.807) is 42.7 Å². The molecule has 8 bridgehead atoms. The van der Waals surface area contributed by atoms with E-state index in [1.165, 1.54) is 7.11 Å². The van der Waals surface area contributed by atoms with E-state index in [9.17, 15) is 9.59 Å². The normalized spacial score (nSPS) is 11.7. The summed E-state index contributed by atoms with van der Waals surface area (Å²) in [6, 6.07) is 37.0. The molecule has 0 aliphatic carbocycles. The van der Waals surface area contributed by atoms with Crippen LogP contribution in [0.15, 0.2) is 165 Å². The molecule has 13 nitrogen and oxygen atoms in total. The average molecular weight is 932 g/mol. The van der Waals surface area contributed by atoms with Crippen LogP contribution in [0.25, 0.3) is 90.9 Å². The first-order chi connectivity index (χ1) is 34.6. The molecule has 2 aliphatic heterocycles. The molecule has 0 fully saturated rings. The molecule has 344 valence electrons. The molecule has 11 rings (SSSR count). The van der Waals surface area contributed by atoms with Gasteiger partial charge in [-0.2, -0.15) is 0 Å². The number of pyridine rings is 4. The number of rotatable bonds is 9. The number of ether oxygens (including phenoxy) is 1. The van der Waals surface area contributed by atoms with E-state index in [0.717, 1.165) is 89.4 Å². The Bertz CT molecular complexity index is 3740. The number of hydrogen-bond donors (Lipinski definition) is 4. The number of benzene rings is 2. The van der Waals surface area contributed by atoms with E-state index >= 15 is 0 Å². The van der Waals surface area contributed by atoms with Crippen molar-refractivity contribution in [2.45, 2.75) is 0 Å². The lowest BCUT2D eigenvalue weighted by Gasteiger charge is -2.12. The summed E-state index contributed by atoms with van der Waals surface area (Å²) >= 11 is 0. The zero-order valence-corrected chi connectivity index (χ0v) is 39.3. The first kappa shape index (κ1) is 43.9. The number of amides is 2. The SMILES string of the molecule is COc1cc(NC(=O)c2ccncc2)ccc1C(=O)Nc1ccc(-c2c3nc(c(-c4cc[n+](C)cc4)c4ccc([nH]4)c(-c4cc[n+](C)cc4)c4nc(c(-c5cc[n+](C)cc5)c5ccc2[nH]5)C=C4)C=C3)cc1.